The van der Waals surface area contributed by atoms with E-state index in [1.54, 1.807) is 0 Å². The largest absolute Gasteiger partial charge is 0.457 e. The van der Waals surface area contributed by atoms with Crippen molar-refractivity contribution in [1.29, 1.82) is 0 Å². The van der Waals surface area contributed by atoms with E-state index in [2.05, 4.69) is 9.62 Å². The fourth-order valence-electron chi connectivity index (χ4n) is 3.76. The second kappa shape index (κ2) is 7.39. The minimum atomic E-state index is -3.21. The minimum absolute atomic E-state index is 0.0102. The first-order valence-electron chi connectivity index (χ1n) is 8.88. The van der Waals surface area contributed by atoms with E-state index in [4.69, 9.17) is 16.3 Å². The molecule has 1 N–H and O–H groups in total. The van der Waals surface area contributed by atoms with Gasteiger partial charge in [0, 0.05) is 18.5 Å². The number of fused-ring (bicyclic) bond motifs is 1. The summed E-state index contributed by atoms with van der Waals surface area (Å²) in [5.41, 5.74) is 1.07. The molecule has 0 radical (unpaired) electrons. The van der Waals surface area contributed by atoms with Crippen molar-refractivity contribution < 1.29 is 17.5 Å². The van der Waals surface area contributed by atoms with Crippen LogP contribution in [0.1, 0.15) is 24.3 Å². The highest BCUT2D eigenvalue weighted by atomic mass is 35.5. The molecule has 2 aliphatic rings. The van der Waals surface area contributed by atoms with Crippen molar-refractivity contribution in [2.45, 2.75) is 24.9 Å². The first kappa shape index (κ1) is 18.7. The Bertz CT molecular complexity index is 936. The van der Waals surface area contributed by atoms with E-state index in [1.165, 1.54) is 18.2 Å². The lowest BCUT2D eigenvalue weighted by Gasteiger charge is -2.44. The van der Waals surface area contributed by atoms with Gasteiger partial charge in [-0.15, -0.1) is 0 Å². The summed E-state index contributed by atoms with van der Waals surface area (Å²) < 4.78 is 45.8. The number of hydrogen-bond acceptors (Lipinski definition) is 4. The van der Waals surface area contributed by atoms with Crippen molar-refractivity contribution >= 4 is 21.6 Å². The van der Waals surface area contributed by atoms with Crippen LogP contribution in [0.25, 0.3) is 0 Å². The molecule has 1 unspecified atom stereocenters. The van der Waals surface area contributed by atoms with E-state index < -0.39 is 15.8 Å². The van der Waals surface area contributed by atoms with Crippen LogP contribution >= 0.6 is 11.6 Å². The quantitative estimate of drug-likeness (QED) is 0.838. The maximum absolute atomic E-state index is 13.2. The first-order chi connectivity index (χ1) is 12.9. The van der Waals surface area contributed by atoms with Crippen LogP contribution in [0.4, 0.5) is 4.39 Å². The fourth-order valence-corrected chi connectivity index (χ4v) is 5.21. The molecule has 8 heteroatoms. The molecular formula is C19H20ClFN2O3S. The van der Waals surface area contributed by atoms with Crippen LogP contribution in [-0.4, -0.2) is 38.3 Å². The zero-order valence-corrected chi connectivity index (χ0v) is 16.1. The van der Waals surface area contributed by atoms with Crippen molar-refractivity contribution in [3.63, 3.8) is 0 Å². The van der Waals surface area contributed by atoms with Crippen molar-refractivity contribution in [2.24, 2.45) is 0 Å². The number of sulfonamides is 1. The molecule has 5 nitrogen and oxygen atoms in total. The Labute approximate surface area is 163 Å². The Morgan fingerprint density at radius 1 is 1.11 bits per heavy atom. The lowest BCUT2D eigenvalue weighted by Crippen LogP contribution is -2.60. The maximum Gasteiger partial charge on any atom is 0.214 e. The highest BCUT2D eigenvalue weighted by Gasteiger charge is 2.38. The van der Waals surface area contributed by atoms with Gasteiger partial charge < -0.3 is 4.74 Å². The summed E-state index contributed by atoms with van der Waals surface area (Å²) >= 11 is 5.78. The van der Waals surface area contributed by atoms with Crippen LogP contribution in [0, 0.1) is 5.82 Å². The van der Waals surface area contributed by atoms with Crippen LogP contribution < -0.4 is 9.46 Å². The van der Waals surface area contributed by atoms with Crippen LogP contribution in [0.5, 0.6) is 11.5 Å². The number of nitrogens with one attached hydrogen (secondary N) is 1. The predicted octanol–water partition coefficient (Wildman–Crippen LogP) is 3.71. The Hall–Kier alpha value is -1.67. The number of nitrogens with zero attached hydrogens (tertiary/aromatic N) is 1. The van der Waals surface area contributed by atoms with Gasteiger partial charge in [0.25, 0.3) is 0 Å². The Morgan fingerprint density at radius 3 is 2.59 bits per heavy atom. The highest BCUT2D eigenvalue weighted by Crippen LogP contribution is 2.34. The average molecular weight is 411 g/mol. The number of hydrogen-bond donors (Lipinski definition) is 1. The van der Waals surface area contributed by atoms with Gasteiger partial charge in [0.15, 0.2) is 0 Å². The number of piperidine rings is 1. The smallest absolute Gasteiger partial charge is 0.214 e. The average Bonchev–Trinajstić information content (AvgIpc) is 2.64. The van der Waals surface area contributed by atoms with E-state index in [1.807, 2.05) is 24.3 Å². The fraction of sp³-hybridized carbons (Fsp3) is 0.368. The number of ether oxygens (including phenoxy) is 1. The van der Waals surface area contributed by atoms with Crippen LogP contribution in [-0.2, 0) is 10.0 Å². The van der Waals surface area contributed by atoms with Gasteiger partial charge in [-0.25, -0.2) is 12.8 Å². The molecule has 27 heavy (non-hydrogen) atoms. The SMILES string of the molecule is O=S1(=O)CCN2CCC[C@@H](c3ccc(Oc4ccc(F)c(Cl)c4)cc3)C2N1. The van der Waals surface area contributed by atoms with Crippen LogP contribution in [0.3, 0.4) is 0 Å². The molecule has 0 spiro atoms. The molecule has 2 saturated heterocycles. The first-order valence-corrected chi connectivity index (χ1v) is 10.9. The second-order valence-corrected chi connectivity index (χ2v) is 9.19. The molecule has 2 aromatic carbocycles. The van der Waals surface area contributed by atoms with Crippen LogP contribution in [0.15, 0.2) is 42.5 Å². The van der Waals surface area contributed by atoms with E-state index in [-0.39, 0.29) is 22.9 Å². The summed E-state index contributed by atoms with van der Waals surface area (Å²) in [7, 11) is -3.21. The van der Waals surface area contributed by atoms with Gasteiger partial charge in [0.05, 0.1) is 16.9 Å². The van der Waals surface area contributed by atoms with Gasteiger partial charge >= 0.3 is 0 Å². The third-order valence-corrected chi connectivity index (χ3v) is 6.73. The molecule has 2 fully saturated rings. The van der Waals surface area contributed by atoms with Gasteiger partial charge in [-0.3, -0.25) is 4.90 Å². The molecule has 0 aliphatic carbocycles. The molecule has 144 valence electrons. The molecule has 2 heterocycles. The topological polar surface area (TPSA) is 58.6 Å². The molecular weight excluding hydrogens is 391 g/mol. The summed E-state index contributed by atoms with van der Waals surface area (Å²) in [5.74, 6) is 0.832. The van der Waals surface area contributed by atoms with Gasteiger partial charge in [-0.05, 0) is 49.2 Å². The molecule has 0 amide bonds. The van der Waals surface area contributed by atoms with E-state index in [0.717, 1.165) is 24.9 Å². The maximum atomic E-state index is 13.2. The van der Waals surface area contributed by atoms with E-state index in [0.29, 0.717) is 18.0 Å². The zero-order valence-electron chi connectivity index (χ0n) is 14.6. The lowest BCUT2D eigenvalue weighted by molar-refractivity contribution is 0.116. The molecule has 0 saturated carbocycles. The van der Waals surface area contributed by atoms with Gasteiger partial charge in [0.2, 0.25) is 10.0 Å². The summed E-state index contributed by atoms with van der Waals surface area (Å²) in [6, 6.07) is 11.8. The lowest BCUT2D eigenvalue weighted by atomic mass is 9.87. The monoisotopic (exact) mass is 410 g/mol. The molecule has 2 aromatic rings. The summed E-state index contributed by atoms with van der Waals surface area (Å²) in [4.78, 5) is 2.21. The van der Waals surface area contributed by atoms with Crippen molar-refractivity contribution in [3.8, 4) is 11.5 Å². The summed E-state index contributed by atoms with van der Waals surface area (Å²) in [5, 5.41) is 0.0102. The summed E-state index contributed by atoms with van der Waals surface area (Å²) in [6.45, 7) is 1.49. The normalized spacial score (nSPS) is 25.0. The Kier molecular flexibility index (Phi) is 5.11. The Balaban J connectivity index is 1.51. The van der Waals surface area contributed by atoms with E-state index in [9.17, 15) is 12.8 Å². The van der Waals surface area contributed by atoms with E-state index >= 15 is 0 Å². The third-order valence-electron chi connectivity index (χ3n) is 5.12. The minimum Gasteiger partial charge on any atom is -0.457 e. The Morgan fingerprint density at radius 2 is 1.85 bits per heavy atom. The van der Waals surface area contributed by atoms with Crippen molar-refractivity contribution in [3.05, 3.63) is 58.9 Å². The molecule has 4 rings (SSSR count). The zero-order chi connectivity index (χ0) is 19.0. The van der Waals surface area contributed by atoms with Gasteiger partial charge in [0.1, 0.15) is 17.3 Å². The van der Waals surface area contributed by atoms with Crippen molar-refractivity contribution in [2.75, 3.05) is 18.8 Å². The number of benzene rings is 2. The second-order valence-electron chi connectivity index (χ2n) is 6.91. The number of rotatable bonds is 3. The molecule has 2 atom stereocenters. The summed E-state index contributed by atoms with van der Waals surface area (Å²) in [6.07, 6.45) is 1.77. The third kappa shape index (κ3) is 4.11. The standard InChI is InChI=1S/C19H20ClFN2O3S/c20-17-12-15(7-8-18(17)21)26-14-5-3-13(4-6-14)16-2-1-9-23-10-11-27(24,25)22-19(16)23/h3-8,12,16,19,22H,1-2,9-11H2/t16-,19?/m0/s1. The molecule has 2 aliphatic heterocycles. The van der Waals surface area contributed by atoms with Crippen LogP contribution in [0.2, 0.25) is 5.02 Å². The number of halogens is 2. The predicted molar refractivity (Wildman–Crippen MR) is 102 cm³/mol. The van der Waals surface area contributed by atoms with Gasteiger partial charge in [-0.1, -0.05) is 23.7 Å². The molecule has 0 aromatic heterocycles. The molecule has 0 bridgehead atoms. The van der Waals surface area contributed by atoms with Gasteiger partial charge in [-0.2, -0.15) is 4.72 Å². The van der Waals surface area contributed by atoms with Crippen molar-refractivity contribution in [1.82, 2.24) is 9.62 Å². The highest BCUT2D eigenvalue weighted by molar-refractivity contribution is 7.89.